The van der Waals surface area contributed by atoms with Gasteiger partial charge in [0.15, 0.2) is 5.76 Å². The van der Waals surface area contributed by atoms with Crippen LogP contribution in [0.25, 0.3) is 0 Å². The maximum atomic E-state index is 12.7. The molecule has 0 spiro atoms. The molecule has 1 atom stereocenters. The molecule has 3 rings (SSSR count). The molecule has 1 aromatic heterocycles. The van der Waals surface area contributed by atoms with E-state index in [2.05, 4.69) is 10.1 Å². The molecule has 0 aliphatic carbocycles. The van der Waals surface area contributed by atoms with E-state index < -0.39 is 11.7 Å². The first-order valence-corrected chi connectivity index (χ1v) is 6.35. The third kappa shape index (κ3) is 2.56. The van der Waals surface area contributed by atoms with E-state index in [-0.39, 0.29) is 6.04 Å². The second-order valence-corrected chi connectivity index (χ2v) is 4.98. The highest BCUT2D eigenvalue weighted by Gasteiger charge is 2.32. The minimum atomic E-state index is -4.35. The molecule has 7 heteroatoms. The number of alkyl halides is 3. The van der Waals surface area contributed by atoms with Gasteiger partial charge in [0.25, 0.3) is 0 Å². The zero-order chi connectivity index (χ0) is 15.2. The lowest BCUT2D eigenvalue weighted by molar-refractivity contribution is -0.137. The van der Waals surface area contributed by atoms with Crippen molar-refractivity contribution in [1.82, 2.24) is 5.16 Å². The fourth-order valence-corrected chi connectivity index (χ4v) is 2.17. The topological polar surface area (TPSA) is 64.4 Å². The molecule has 2 heterocycles. The summed E-state index contributed by atoms with van der Waals surface area (Å²) in [6.07, 6.45) is -4.06. The van der Waals surface area contributed by atoms with E-state index in [0.717, 1.165) is 12.1 Å². The van der Waals surface area contributed by atoms with Crippen molar-refractivity contribution in [1.29, 1.82) is 0 Å². The second kappa shape index (κ2) is 4.70. The third-order valence-electron chi connectivity index (χ3n) is 3.29. The Morgan fingerprint density at radius 3 is 2.67 bits per heavy atom. The molecule has 0 saturated heterocycles. The van der Waals surface area contributed by atoms with Gasteiger partial charge in [0.05, 0.1) is 23.0 Å². The monoisotopic (exact) mass is 295 g/mol. The normalized spacial score (nSPS) is 15.8. The van der Waals surface area contributed by atoms with E-state index in [1.165, 1.54) is 6.07 Å². The average Bonchev–Trinajstić information content (AvgIpc) is 3.03. The number of aromatic nitrogens is 1. The van der Waals surface area contributed by atoms with E-state index in [0.29, 0.717) is 34.8 Å². The van der Waals surface area contributed by atoms with Crippen molar-refractivity contribution in [2.24, 2.45) is 10.7 Å². The quantitative estimate of drug-likeness (QED) is 0.923. The van der Waals surface area contributed by atoms with Gasteiger partial charge >= 0.3 is 6.18 Å². The smallest absolute Gasteiger partial charge is 0.359 e. The maximum Gasteiger partial charge on any atom is 0.416 e. The van der Waals surface area contributed by atoms with Gasteiger partial charge in [-0.15, -0.1) is 0 Å². The Hall–Kier alpha value is -2.15. The molecular weight excluding hydrogens is 283 g/mol. The van der Waals surface area contributed by atoms with Gasteiger partial charge in [-0.3, -0.25) is 4.99 Å². The number of rotatable bonds is 2. The lowest BCUT2D eigenvalue weighted by Crippen LogP contribution is -2.06. The molecule has 1 aromatic carbocycles. The number of halogens is 3. The molecule has 2 N–H and O–H groups in total. The largest absolute Gasteiger partial charge is 0.416 e. The Bertz CT molecular complexity index is 716. The van der Waals surface area contributed by atoms with E-state index in [4.69, 9.17) is 10.3 Å². The van der Waals surface area contributed by atoms with Crippen LogP contribution in [0.1, 0.15) is 35.5 Å². The summed E-state index contributed by atoms with van der Waals surface area (Å²) < 4.78 is 43.1. The summed E-state index contributed by atoms with van der Waals surface area (Å²) in [5.41, 5.74) is 7.16. The first kappa shape index (κ1) is 13.8. The number of hydrogen-bond donors (Lipinski definition) is 1. The fourth-order valence-electron chi connectivity index (χ4n) is 2.17. The minimum Gasteiger partial charge on any atom is -0.359 e. The van der Waals surface area contributed by atoms with Crippen LogP contribution >= 0.6 is 0 Å². The molecule has 0 amide bonds. The van der Waals surface area contributed by atoms with Crippen molar-refractivity contribution in [2.45, 2.75) is 25.6 Å². The lowest BCUT2D eigenvalue weighted by Gasteiger charge is -2.07. The number of nitrogens with zero attached hydrogens (tertiary/aromatic N) is 2. The van der Waals surface area contributed by atoms with Crippen LogP contribution in [0.3, 0.4) is 0 Å². The summed E-state index contributed by atoms with van der Waals surface area (Å²) in [5.74, 6) is 0.514. The first-order chi connectivity index (χ1) is 9.84. The number of hydrogen-bond acceptors (Lipinski definition) is 4. The van der Waals surface area contributed by atoms with Crippen LogP contribution < -0.4 is 5.73 Å². The van der Waals surface area contributed by atoms with E-state index in [1.54, 1.807) is 13.0 Å². The SMILES string of the molecule is C[C@@H](N)c1cc(C2=Nc3ccc(C(F)(F)F)cc3C2)no1. The zero-order valence-electron chi connectivity index (χ0n) is 11.1. The number of aliphatic imine (C=N–C) groups is 1. The van der Waals surface area contributed by atoms with Crippen LogP contribution in [0.15, 0.2) is 33.8 Å². The number of fused-ring (bicyclic) bond motifs is 1. The molecule has 0 fully saturated rings. The molecule has 0 radical (unpaired) electrons. The number of nitrogens with two attached hydrogens (primary N) is 1. The van der Waals surface area contributed by atoms with E-state index >= 15 is 0 Å². The Kier molecular flexibility index (Phi) is 3.09. The Balaban J connectivity index is 1.89. The lowest BCUT2D eigenvalue weighted by atomic mass is 10.0. The zero-order valence-corrected chi connectivity index (χ0v) is 11.1. The summed E-state index contributed by atoms with van der Waals surface area (Å²) in [6, 6.07) is 4.89. The molecule has 110 valence electrons. The van der Waals surface area contributed by atoms with E-state index in [1.807, 2.05) is 0 Å². The Morgan fingerprint density at radius 1 is 1.29 bits per heavy atom. The summed E-state index contributed by atoms with van der Waals surface area (Å²) in [6.45, 7) is 1.76. The predicted molar refractivity (Wildman–Crippen MR) is 70.5 cm³/mol. The van der Waals surface area contributed by atoms with Gasteiger partial charge in [0, 0.05) is 12.5 Å². The molecular formula is C14H12F3N3O. The van der Waals surface area contributed by atoms with Crippen molar-refractivity contribution >= 4 is 11.4 Å². The Labute approximate surface area is 118 Å². The molecule has 2 aromatic rings. The Morgan fingerprint density at radius 2 is 2.05 bits per heavy atom. The van der Waals surface area contributed by atoms with Gasteiger partial charge in [0.1, 0.15) is 5.69 Å². The van der Waals surface area contributed by atoms with Crippen molar-refractivity contribution in [2.75, 3.05) is 0 Å². The molecule has 0 saturated carbocycles. The first-order valence-electron chi connectivity index (χ1n) is 6.35. The molecule has 0 bridgehead atoms. The van der Waals surface area contributed by atoms with Gasteiger partial charge in [-0.25, -0.2) is 0 Å². The summed E-state index contributed by atoms with van der Waals surface area (Å²) in [5, 5.41) is 3.87. The molecule has 0 unspecified atom stereocenters. The second-order valence-electron chi connectivity index (χ2n) is 4.98. The fraction of sp³-hybridized carbons (Fsp3) is 0.286. The molecule has 1 aliphatic heterocycles. The van der Waals surface area contributed by atoms with Gasteiger partial charge in [-0.2, -0.15) is 13.2 Å². The van der Waals surface area contributed by atoms with Gasteiger partial charge in [0.2, 0.25) is 0 Å². The highest BCUT2D eigenvalue weighted by molar-refractivity contribution is 6.05. The predicted octanol–water partition coefficient (Wildman–Crippen LogP) is 3.39. The standard InChI is InChI=1S/C14H12F3N3O/c1-7(18)13-6-12(20-21-13)11-5-8-4-9(14(15,16)17)2-3-10(8)19-11/h2-4,6-7H,5,18H2,1H3/t7-/m1/s1. The van der Waals surface area contributed by atoms with Crippen molar-refractivity contribution < 1.29 is 17.7 Å². The van der Waals surface area contributed by atoms with Crippen LogP contribution in [-0.2, 0) is 12.6 Å². The molecule has 21 heavy (non-hydrogen) atoms. The third-order valence-corrected chi connectivity index (χ3v) is 3.29. The van der Waals surface area contributed by atoms with Gasteiger partial charge in [-0.05, 0) is 30.7 Å². The van der Waals surface area contributed by atoms with Crippen LogP contribution in [0.4, 0.5) is 18.9 Å². The van der Waals surface area contributed by atoms with Crippen molar-refractivity contribution in [3.8, 4) is 0 Å². The summed E-state index contributed by atoms with van der Waals surface area (Å²) >= 11 is 0. The number of benzene rings is 1. The molecule has 1 aliphatic rings. The van der Waals surface area contributed by atoms with Crippen LogP contribution in [0, 0.1) is 0 Å². The molecule has 4 nitrogen and oxygen atoms in total. The van der Waals surface area contributed by atoms with Crippen LogP contribution in [0.5, 0.6) is 0 Å². The highest BCUT2D eigenvalue weighted by Crippen LogP contribution is 2.35. The highest BCUT2D eigenvalue weighted by atomic mass is 19.4. The van der Waals surface area contributed by atoms with Gasteiger partial charge in [-0.1, -0.05) is 5.16 Å². The van der Waals surface area contributed by atoms with Crippen LogP contribution in [-0.4, -0.2) is 10.9 Å². The van der Waals surface area contributed by atoms with Crippen molar-refractivity contribution in [3.05, 3.63) is 46.8 Å². The van der Waals surface area contributed by atoms with E-state index in [9.17, 15) is 13.2 Å². The average molecular weight is 295 g/mol. The van der Waals surface area contributed by atoms with Crippen LogP contribution in [0.2, 0.25) is 0 Å². The van der Waals surface area contributed by atoms with Crippen molar-refractivity contribution in [3.63, 3.8) is 0 Å². The minimum absolute atomic E-state index is 0.296. The van der Waals surface area contributed by atoms with Gasteiger partial charge < -0.3 is 10.3 Å². The summed E-state index contributed by atoms with van der Waals surface area (Å²) in [4.78, 5) is 4.30. The maximum absolute atomic E-state index is 12.7. The summed E-state index contributed by atoms with van der Waals surface area (Å²) in [7, 11) is 0.